The molecule has 2 aromatic heterocycles. The highest BCUT2D eigenvalue weighted by Gasteiger charge is 2.20. The number of nitrogens with one attached hydrogen (secondary N) is 3. The van der Waals surface area contributed by atoms with Gasteiger partial charge < -0.3 is 40.8 Å². The van der Waals surface area contributed by atoms with E-state index < -0.39 is 11.9 Å². The second kappa shape index (κ2) is 12.4. The molecule has 13 nitrogen and oxygen atoms in total. The molecule has 0 spiro atoms. The number of morpholine rings is 1. The van der Waals surface area contributed by atoms with E-state index in [-0.39, 0.29) is 41.3 Å². The number of aromatic nitrogens is 3. The van der Waals surface area contributed by atoms with Crippen molar-refractivity contribution in [2.24, 2.45) is 5.73 Å². The Hall–Kier alpha value is -5.01. The van der Waals surface area contributed by atoms with Gasteiger partial charge in [0.15, 0.2) is 12.3 Å². The zero-order valence-electron chi connectivity index (χ0n) is 22.1. The van der Waals surface area contributed by atoms with Gasteiger partial charge >= 0.3 is 5.97 Å². The summed E-state index contributed by atoms with van der Waals surface area (Å²) in [7, 11) is 0. The third kappa shape index (κ3) is 6.42. The third-order valence-electron chi connectivity index (χ3n) is 6.56. The lowest BCUT2D eigenvalue weighted by molar-refractivity contribution is -0.118. The molecule has 0 radical (unpaired) electrons. The largest absolute Gasteiger partial charge is 0.482 e. The fourth-order valence-corrected chi connectivity index (χ4v) is 4.48. The lowest BCUT2D eigenvalue weighted by Gasteiger charge is -2.29. The van der Waals surface area contributed by atoms with Gasteiger partial charge in [0, 0.05) is 38.1 Å². The second-order valence-electron chi connectivity index (χ2n) is 9.28. The first-order chi connectivity index (χ1) is 19.9. The van der Waals surface area contributed by atoms with E-state index in [1.54, 1.807) is 18.2 Å². The number of anilines is 2. The van der Waals surface area contributed by atoms with Crippen molar-refractivity contribution in [3.05, 3.63) is 77.4 Å². The van der Waals surface area contributed by atoms with Crippen LogP contribution < -0.4 is 26.0 Å². The number of aromatic carboxylic acids is 1. The summed E-state index contributed by atoms with van der Waals surface area (Å²) in [6.07, 6.45) is 2.41. The molecule has 0 unspecified atom stereocenters. The van der Waals surface area contributed by atoms with Gasteiger partial charge in [0.25, 0.3) is 11.8 Å². The number of amides is 2. The molecule has 0 aliphatic carbocycles. The number of fused-ring (bicyclic) bond motifs is 2. The van der Waals surface area contributed by atoms with Crippen LogP contribution in [0.3, 0.4) is 0 Å². The SMILES string of the molecule is NCc1cccc(N2CCOCC2)c1.O=C1COc2ccc(CNC(=O)c3ncnc4c(C(=O)O)c[nH]c34)cc2N1. The average Bonchev–Trinajstić information content (AvgIpc) is 3.45. The molecular formula is C28H29N7O6. The first-order valence-electron chi connectivity index (χ1n) is 12.9. The van der Waals surface area contributed by atoms with Gasteiger partial charge in [0.2, 0.25) is 0 Å². The predicted octanol–water partition coefficient (Wildman–Crippen LogP) is 1.90. The van der Waals surface area contributed by atoms with Gasteiger partial charge in [-0.25, -0.2) is 14.8 Å². The van der Waals surface area contributed by atoms with Gasteiger partial charge in [-0.05, 0) is 35.4 Å². The van der Waals surface area contributed by atoms with E-state index in [1.807, 2.05) is 0 Å². The molecule has 0 bridgehead atoms. The molecule has 2 aromatic carbocycles. The highest BCUT2D eigenvalue weighted by Crippen LogP contribution is 2.28. The lowest BCUT2D eigenvalue weighted by Crippen LogP contribution is -2.36. The predicted molar refractivity (Wildman–Crippen MR) is 150 cm³/mol. The number of H-pyrrole nitrogens is 1. The van der Waals surface area contributed by atoms with Crippen LogP contribution in [0.1, 0.15) is 32.0 Å². The Balaban J connectivity index is 0.000000202. The Bertz CT molecular complexity index is 1580. The summed E-state index contributed by atoms with van der Waals surface area (Å²) >= 11 is 0. The number of carboxylic acid groups (broad SMARTS) is 1. The number of ether oxygens (including phenoxy) is 2. The average molecular weight is 560 g/mol. The number of nitrogens with two attached hydrogens (primary N) is 1. The zero-order chi connectivity index (χ0) is 28.8. The fraction of sp³-hybridized carbons (Fsp3) is 0.250. The number of rotatable bonds is 6. The van der Waals surface area contributed by atoms with Crippen molar-refractivity contribution in [1.82, 2.24) is 20.3 Å². The second-order valence-corrected chi connectivity index (χ2v) is 9.28. The van der Waals surface area contributed by atoms with E-state index in [2.05, 4.69) is 54.8 Å². The molecule has 6 rings (SSSR count). The minimum atomic E-state index is -1.15. The Morgan fingerprint density at radius 1 is 1.10 bits per heavy atom. The highest BCUT2D eigenvalue weighted by atomic mass is 16.5. The van der Waals surface area contributed by atoms with Crippen molar-refractivity contribution in [2.75, 3.05) is 43.1 Å². The van der Waals surface area contributed by atoms with Gasteiger partial charge in [0.1, 0.15) is 23.2 Å². The van der Waals surface area contributed by atoms with E-state index in [0.717, 1.165) is 38.2 Å². The molecule has 4 aromatic rings. The number of carbonyl (C=O) groups excluding carboxylic acids is 2. The molecule has 1 fully saturated rings. The fourth-order valence-electron chi connectivity index (χ4n) is 4.48. The Labute approximate surface area is 234 Å². The van der Waals surface area contributed by atoms with E-state index in [0.29, 0.717) is 18.0 Å². The molecule has 2 amide bonds. The number of carboxylic acids is 1. The summed E-state index contributed by atoms with van der Waals surface area (Å²) in [4.78, 5) is 48.0. The summed E-state index contributed by atoms with van der Waals surface area (Å²) in [5.41, 5.74) is 9.76. The summed E-state index contributed by atoms with van der Waals surface area (Å²) < 4.78 is 10.6. The van der Waals surface area contributed by atoms with Gasteiger partial charge in [-0.3, -0.25) is 9.59 Å². The van der Waals surface area contributed by atoms with Gasteiger partial charge in [0.05, 0.1) is 24.4 Å². The van der Waals surface area contributed by atoms with Crippen LogP contribution >= 0.6 is 0 Å². The first kappa shape index (κ1) is 27.6. The van der Waals surface area contributed by atoms with Crippen molar-refractivity contribution in [2.45, 2.75) is 13.1 Å². The molecule has 1 saturated heterocycles. The third-order valence-corrected chi connectivity index (χ3v) is 6.56. The molecular weight excluding hydrogens is 530 g/mol. The van der Waals surface area contributed by atoms with Crippen LogP contribution in [0.5, 0.6) is 5.75 Å². The quantitative estimate of drug-likeness (QED) is 0.234. The molecule has 13 heteroatoms. The number of benzene rings is 2. The van der Waals surface area contributed by atoms with Crippen LogP contribution in [0, 0.1) is 0 Å². The molecule has 4 heterocycles. The number of aromatic amines is 1. The molecule has 0 saturated carbocycles. The Kier molecular flexibility index (Phi) is 8.36. The van der Waals surface area contributed by atoms with Crippen LogP contribution in [-0.2, 0) is 22.6 Å². The van der Waals surface area contributed by atoms with Crippen LogP contribution in [0.15, 0.2) is 55.0 Å². The number of nitrogens with zero attached hydrogens (tertiary/aromatic N) is 3. The highest BCUT2D eigenvalue weighted by molar-refractivity contribution is 6.08. The molecule has 212 valence electrons. The normalized spacial score (nSPS) is 14.3. The molecule has 2 aliphatic heterocycles. The molecule has 41 heavy (non-hydrogen) atoms. The maximum atomic E-state index is 12.5. The molecule has 6 N–H and O–H groups in total. The number of hydrogen-bond donors (Lipinski definition) is 5. The summed E-state index contributed by atoms with van der Waals surface area (Å²) in [5.74, 6) is -1.31. The Morgan fingerprint density at radius 2 is 1.93 bits per heavy atom. The summed E-state index contributed by atoms with van der Waals surface area (Å²) in [6, 6.07) is 13.6. The number of hydrogen-bond acceptors (Lipinski definition) is 9. The van der Waals surface area contributed by atoms with Gasteiger partial charge in [-0.1, -0.05) is 18.2 Å². The first-order valence-corrected chi connectivity index (χ1v) is 12.9. The number of carbonyl (C=O) groups is 3. The van der Waals surface area contributed by atoms with Crippen molar-refractivity contribution in [3.63, 3.8) is 0 Å². The van der Waals surface area contributed by atoms with Crippen molar-refractivity contribution in [1.29, 1.82) is 0 Å². The van der Waals surface area contributed by atoms with Crippen molar-refractivity contribution in [3.8, 4) is 5.75 Å². The van der Waals surface area contributed by atoms with Crippen molar-refractivity contribution < 1.29 is 29.0 Å². The standard InChI is InChI=1S/C17H13N5O5.C11H16N2O/c23-12-6-27-11-2-1-8(3-10(11)22-12)4-19-16(24)15-14-13(20-7-21-15)9(5-18-14)17(25)26;12-9-10-2-1-3-11(8-10)13-4-6-14-7-5-13/h1-3,5,7,18H,4,6H2,(H,19,24)(H,22,23)(H,25,26);1-3,8H,4-7,9,12H2. The maximum absolute atomic E-state index is 12.5. The van der Waals surface area contributed by atoms with Crippen LogP contribution in [0.4, 0.5) is 11.4 Å². The summed E-state index contributed by atoms with van der Waals surface area (Å²) in [6.45, 7) is 4.38. The minimum absolute atomic E-state index is 0.0265. The minimum Gasteiger partial charge on any atom is -0.482 e. The van der Waals surface area contributed by atoms with E-state index in [4.69, 9.17) is 20.3 Å². The van der Waals surface area contributed by atoms with E-state index in [1.165, 1.54) is 17.4 Å². The topological polar surface area (TPSA) is 185 Å². The summed E-state index contributed by atoms with van der Waals surface area (Å²) in [5, 5.41) is 14.6. The van der Waals surface area contributed by atoms with Gasteiger partial charge in [-0.2, -0.15) is 0 Å². The van der Waals surface area contributed by atoms with Crippen LogP contribution in [-0.4, -0.2) is 70.8 Å². The zero-order valence-corrected chi connectivity index (χ0v) is 22.1. The van der Waals surface area contributed by atoms with E-state index >= 15 is 0 Å². The Morgan fingerprint density at radius 3 is 2.71 bits per heavy atom. The lowest BCUT2D eigenvalue weighted by atomic mass is 10.1. The van der Waals surface area contributed by atoms with Gasteiger partial charge in [-0.15, -0.1) is 0 Å². The van der Waals surface area contributed by atoms with Crippen molar-refractivity contribution >= 4 is 40.2 Å². The van der Waals surface area contributed by atoms with Crippen LogP contribution in [0.2, 0.25) is 0 Å². The molecule has 2 aliphatic rings. The maximum Gasteiger partial charge on any atom is 0.339 e. The smallest absolute Gasteiger partial charge is 0.339 e. The van der Waals surface area contributed by atoms with E-state index in [9.17, 15) is 14.4 Å². The monoisotopic (exact) mass is 559 g/mol. The molecule has 0 atom stereocenters. The van der Waals surface area contributed by atoms with Crippen LogP contribution in [0.25, 0.3) is 11.0 Å².